The standard InChI is InChI=1S/C16H15N3O/c1-11-6-7-14(15(8-11)18-2)16(20)19-13-5-3-4-12(9-13)10-17/h3-9,18H,1-2H3,(H,19,20). The van der Waals surface area contributed by atoms with Crippen molar-refractivity contribution in [1.82, 2.24) is 0 Å². The van der Waals surface area contributed by atoms with E-state index < -0.39 is 0 Å². The Morgan fingerprint density at radius 2 is 2.00 bits per heavy atom. The highest BCUT2D eigenvalue weighted by atomic mass is 16.1. The summed E-state index contributed by atoms with van der Waals surface area (Å²) in [5.74, 6) is -0.204. The average molecular weight is 265 g/mol. The molecule has 0 aliphatic carbocycles. The maximum absolute atomic E-state index is 12.3. The smallest absolute Gasteiger partial charge is 0.257 e. The second kappa shape index (κ2) is 5.89. The minimum Gasteiger partial charge on any atom is -0.387 e. The van der Waals surface area contributed by atoms with Crippen LogP contribution in [0.4, 0.5) is 11.4 Å². The second-order valence-electron chi connectivity index (χ2n) is 4.45. The predicted molar refractivity (Wildman–Crippen MR) is 79.8 cm³/mol. The minimum absolute atomic E-state index is 0.204. The first-order chi connectivity index (χ1) is 9.63. The quantitative estimate of drug-likeness (QED) is 0.896. The van der Waals surface area contributed by atoms with E-state index in [1.54, 1.807) is 37.4 Å². The number of carbonyl (C=O) groups excluding carboxylic acids is 1. The molecule has 2 aromatic rings. The summed E-state index contributed by atoms with van der Waals surface area (Å²) in [4.78, 5) is 12.3. The molecule has 0 heterocycles. The van der Waals surface area contributed by atoms with Gasteiger partial charge in [0.2, 0.25) is 0 Å². The van der Waals surface area contributed by atoms with Crippen molar-refractivity contribution in [3.8, 4) is 6.07 Å². The summed E-state index contributed by atoms with van der Waals surface area (Å²) in [6.45, 7) is 1.97. The first-order valence-electron chi connectivity index (χ1n) is 6.24. The lowest BCUT2D eigenvalue weighted by Gasteiger charge is -2.11. The second-order valence-corrected chi connectivity index (χ2v) is 4.45. The Bertz CT molecular complexity index is 686. The monoisotopic (exact) mass is 265 g/mol. The zero-order chi connectivity index (χ0) is 14.5. The fraction of sp³-hybridized carbons (Fsp3) is 0.125. The molecule has 0 bridgehead atoms. The number of hydrogen-bond donors (Lipinski definition) is 2. The number of amides is 1. The van der Waals surface area contributed by atoms with E-state index in [9.17, 15) is 4.79 Å². The van der Waals surface area contributed by atoms with Crippen molar-refractivity contribution in [3.05, 3.63) is 59.2 Å². The summed E-state index contributed by atoms with van der Waals surface area (Å²) in [7, 11) is 1.78. The molecule has 2 rings (SSSR count). The first kappa shape index (κ1) is 13.6. The van der Waals surface area contributed by atoms with Gasteiger partial charge in [0.15, 0.2) is 0 Å². The fourth-order valence-electron chi connectivity index (χ4n) is 1.93. The molecule has 100 valence electrons. The molecule has 0 aromatic heterocycles. The van der Waals surface area contributed by atoms with Crippen LogP contribution in [0.25, 0.3) is 0 Å². The zero-order valence-corrected chi connectivity index (χ0v) is 11.4. The molecule has 0 saturated heterocycles. The summed E-state index contributed by atoms with van der Waals surface area (Å²) < 4.78 is 0. The summed E-state index contributed by atoms with van der Waals surface area (Å²) in [6, 6.07) is 14.5. The summed E-state index contributed by atoms with van der Waals surface area (Å²) in [5.41, 5.74) is 3.55. The van der Waals surface area contributed by atoms with E-state index in [1.165, 1.54) is 0 Å². The zero-order valence-electron chi connectivity index (χ0n) is 11.4. The Labute approximate surface area is 118 Å². The molecule has 20 heavy (non-hydrogen) atoms. The Morgan fingerprint density at radius 3 is 2.70 bits per heavy atom. The normalized spacial score (nSPS) is 9.65. The van der Waals surface area contributed by atoms with Gasteiger partial charge in [0.1, 0.15) is 0 Å². The van der Waals surface area contributed by atoms with Gasteiger partial charge in [0.25, 0.3) is 5.91 Å². The van der Waals surface area contributed by atoms with Crippen molar-refractivity contribution in [1.29, 1.82) is 5.26 Å². The Kier molecular flexibility index (Phi) is 4.02. The summed E-state index contributed by atoms with van der Waals surface area (Å²) in [5, 5.41) is 14.7. The van der Waals surface area contributed by atoms with Crippen molar-refractivity contribution < 1.29 is 4.79 Å². The maximum atomic E-state index is 12.3. The van der Waals surface area contributed by atoms with Crippen molar-refractivity contribution in [2.45, 2.75) is 6.92 Å². The van der Waals surface area contributed by atoms with Gasteiger partial charge in [-0.3, -0.25) is 4.79 Å². The number of aryl methyl sites for hydroxylation is 1. The third-order valence-electron chi connectivity index (χ3n) is 2.94. The SMILES string of the molecule is CNc1cc(C)ccc1C(=O)Nc1cccc(C#N)c1. The molecule has 0 atom stereocenters. The van der Waals surface area contributed by atoms with E-state index in [-0.39, 0.29) is 5.91 Å². The largest absolute Gasteiger partial charge is 0.387 e. The number of hydrogen-bond acceptors (Lipinski definition) is 3. The first-order valence-corrected chi connectivity index (χ1v) is 6.24. The molecule has 0 radical (unpaired) electrons. The van der Waals surface area contributed by atoms with Gasteiger partial charge >= 0.3 is 0 Å². The van der Waals surface area contributed by atoms with Crippen LogP contribution in [0.2, 0.25) is 0 Å². The van der Waals surface area contributed by atoms with E-state index >= 15 is 0 Å². The van der Waals surface area contributed by atoms with Crippen molar-refractivity contribution in [3.63, 3.8) is 0 Å². The molecule has 2 aromatic carbocycles. The molecule has 0 fully saturated rings. The van der Waals surface area contributed by atoms with Crippen molar-refractivity contribution in [2.75, 3.05) is 17.7 Å². The van der Waals surface area contributed by atoms with Crippen LogP contribution in [-0.2, 0) is 0 Å². The van der Waals surface area contributed by atoms with E-state index in [4.69, 9.17) is 5.26 Å². The van der Waals surface area contributed by atoms with Gasteiger partial charge in [-0.05, 0) is 42.8 Å². The van der Waals surface area contributed by atoms with E-state index in [1.807, 2.05) is 25.1 Å². The van der Waals surface area contributed by atoms with Crippen LogP contribution < -0.4 is 10.6 Å². The molecular weight excluding hydrogens is 250 g/mol. The van der Waals surface area contributed by atoms with Gasteiger partial charge in [0.05, 0.1) is 17.2 Å². The van der Waals surface area contributed by atoms with Crippen molar-refractivity contribution >= 4 is 17.3 Å². The topological polar surface area (TPSA) is 64.9 Å². The fourth-order valence-corrected chi connectivity index (χ4v) is 1.93. The highest BCUT2D eigenvalue weighted by Crippen LogP contribution is 2.19. The molecule has 1 amide bonds. The molecule has 4 heteroatoms. The molecule has 0 aliphatic rings. The molecule has 0 unspecified atom stereocenters. The lowest BCUT2D eigenvalue weighted by molar-refractivity contribution is 0.102. The van der Waals surface area contributed by atoms with Gasteiger partial charge in [0, 0.05) is 18.4 Å². The lowest BCUT2D eigenvalue weighted by Crippen LogP contribution is -2.14. The highest BCUT2D eigenvalue weighted by molar-refractivity contribution is 6.08. The minimum atomic E-state index is -0.204. The Morgan fingerprint density at radius 1 is 1.20 bits per heavy atom. The van der Waals surface area contributed by atoms with Crippen LogP contribution in [0.5, 0.6) is 0 Å². The van der Waals surface area contributed by atoms with Crippen molar-refractivity contribution in [2.24, 2.45) is 0 Å². The Balaban J connectivity index is 2.26. The van der Waals surface area contributed by atoms with Gasteiger partial charge < -0.3 is 10.6 Å². The van der Waals surface area contributed by atoms with Crippen LogP contribution in [-0.4, -0.2) is 13.0 Å². The molecule has 0 aliphatic heterocycles. The third-order valence-corrected chi connectivity index (χ3v) is 2.94. The lowest BCUT2D eigenvalue weighted by atomic mass is 10.1. The Hall–Kier alpha value is -2.80. The van der Waals surface area contributed by atoms with E-state index in [2.05, 4.69) is 10.6 Å². The van der Waals surface area contributed by atoms with Crippen LogP contribution in [0.15, 0.2) is 42.5 Å². The van der Waals surface area contributed by atoms with Gasteiger partial charge in [-0.1, -0.05) is 12.1 Å². The molecule has 2 N–H and O–H groups in total. The number of nitriles is 1. The van der Waals surface area contributed by atoms with Gasteiger partial charge in [-0.2, -0.15) is 5.26 Å². The van der Waals surface area contributed by atoms with E-state index in [0.717, 1.165) is 11.3 Å². The number of nitrogens with zero attached hydrogens (tertiary/aromatic N) is 1. The summed E-state index contributed by atoms with van der Waals surface area (Å²) in [6.07, 6.45) is 0. The molecule has 4 nitrogen and oxygen atoms in total. The van der Waals surface area contributed by atoms with E-state index in [0.29, 0.717) is 16.8 Å². The van der Waals surface area contributed by atoms with Crippen LogP contribution in [0.3, 0.4) is 0 Å². The number of nitrogens with one attached hydrogen (secondary N) is 2. The third kappa shape index (κ3) is 2.96. The summed E-state index contributed by atoms with van der Waals surface area (Å²) >= 11 is 0. The van der Waals surface area contributed by atoms with Crippen LogP contribution >= 0.6 is 0 Å². The van der Waals surface area contributed by atoms with Crippen LogP contribution in [0, 0.1) is 18.3 Å². The number of anilines is 2. The van der Waals surface area contributed by atoms with Gasteiger partial charge in [-0.15, -0.1) is 0 Å². The average Bonchev–Trinajstić information content (AvgIpc) is 2.47. The molecule has 0 saturated carbocycles. The number of carbonyl (C=O) groups is 1. The maximum Gasteiger partial charge on any atom is 0.257 e. The number of benzene rings is 2. The number of rotatable bonds is 3. The van der Waals surface area contributed by atoms with Crippen LogP contribution in [0.1, 0.15) is 21.5 Å². The predicted octanol–water partition coefficient (Wildman–Crippen LogP) is 3.16. The van der Waals surface area contributed by atoms with Gasteiger partial charge in [-0.25, -0.2) is 0 Å². The molecule has 0 spiro atoms. The highest BCUT2D eigenvalue weighted by Gasteiger charge is 2.11. The molecular formula is C16H15N3O.